The van der Waals surface area contributed by atoms with E-state index in [-0.39, 0.29) is 0 Å². The van der Waals surface area contributed by atoms with E-state index in [0.29, 0.717) is 12.0 Å². The van der Waals surface area contributed by atoms with Crippen LogP contribution in [-0.2, 0) is 0 Å². The second-order valence-electron chi connectivity index (χ2n) is 5.35. The van der Waals surface area contributed by atoms with Gasteiger partial charge in [-0.2, -0.15) is 0 Å². The number of aryl methyl sites for hydroxylation is 1. The monoisotopic (exact) mass is 242 g/mol. The second-order valence-corrected chi connectivity index (χ2v) is 5.35. The number of aromatic nitrogens is 1. The van der Waals surface area contributed by atoms with E-state index in [9.17, 15) is 0 Å². The van der Waals surface area contributed by atoms with E-state index in [1.54, 1.807) is 0 Å². The minimum absolute atomic E-state index is 0.341. The highest BCUT2D eigenvalue weighted by atomic mass is 14.9. The summed E-state index contributed by atoms with van der Waals surface area (Å²) < 4.78 is 0. The van der Waals surface area contributed by atoms with Crippen LogP contribution in [-0.4, -0.2) is 12.0 Å². The minimum Gasteiger partial charge on any atom is -0.312 e. The molecule has 2 aromatic rings. The Morgan fingerprint density at radius 1 is 1.22 bits per heavy atom. The lowest BCUT2D eigenvalue weighted by atomic mass is 9.98. The summed E-state index contributed by atoms with van der Waals surface area (Å²) in [6, 6.07) is 10.9. The lowest BCUT2D eigenvalue weighted by Gasteiger charge is -2.19. The van der Waals surface area contributed by atoms with Crippen molar-refractivity contribution in [1.29, 1.82) is 0 Å². The highest BCUT2D eigenvalue weighted by Gasteiger charge is 2.14. The van der Waals surface area contributed by atoms with Gasteiger partial charge < -0.3 is 5.32 Å². The Bertz CT molecular complexity index is 532. The van der Waals surface area contributed by atoms with Gasteiger partial charge in [0.25, 0.3) is 0 Å². The Morgan fingerprint density at radius 3 is 2.61 bits per heavy atom. The molecule has 0 aliphatic rings. The van der Waals surface area contributed by atoms with Crippen LogP contribution in [0.15, 0.2) is 30.3 Å². The molecule has 18 heavy (non-hydrogen) atoms. The van der Waals surface area contributed by atoms with E-state index in [2.05, 4.69) is 56.4 Å². The molecule has 1 N–H and O–H groups in total. The van der Waals surface area contributed by atoms with Gasteiger partial charge in [-0.25, -0.2) is 0 Å². The molecule has 0 amide bonds. The number of fused-ring (bicyclic) bond motifs is 1. The predicted octanol–water partition coefficient (Wildman–Crippen LogP) is 3.85. The number of nitrogens with zero attached hydrogens (tertiary/aromatic N) is 1. The Kier molecular flexibility index (Phi) is 3.97. The summed E-state index contributed by atoms with van der Waals surface area (Å²) in [6.07, 6.45) is 1.11. The molecule has 0 saturated carbocycles. The van der Waals surface area contributed by atoms with E-state index in [4.69, 9.17) is 4.98 Å². The average molecular weight is 242 g/mol. The van der Waals surface area contributed by atoms with E-state index >= 15 is 0 Å². The van der Waals surface area contributed by atoms with Crippen molar-refractivity contribution in [3.8, 4) is 0 Å². The molecular weight excluding hydrogens is 220 g/mol. The molecule has 1 atom stereocenters. The summed E-state index contributed by atoms with van der Waals surface area (Å²) in [5.74, 6) is 0.663. The quantitative estimate of drug-likeness (QED) is 0.881. The van der Waals surface area contributed by atoms with Crippen molar-refractivity contribution in [1.82, 2.24) is 10.3 Å². The van der Waals surface area contributed by atoms with Crippen molar-refractivity contribution in [2.45, 2.75) is 33.2 Å². The lowest BCUT2D eigenvalue weighted by Crippen LogP contribution is -2.19. The van der Waals surface area contributed by atoms with Crippen molar-refractivity contribution in [2.75, 3.05) is 7.05 Å². The lowest BCUT2D eigenvalue weighted by molar-refractivity contribution is 0.449. The van der Waals surface area contributed by atoms with Gasteiger partial charge in [0.05, 0.1) is 11.2 Å². The highest BCUT2D eigenvalue weighted by molar-refractivity contribution is 5.82. The molecule has 0 saturated heterocycles. The summed E-state index contributed by atoms with van der Waals surface area (Å²) in [5, 5.41) is 4.63. The van der Waals surface area contributed by atoms with Crippen LogP contribution in [0.25, 0.3) is 10.9 Å². The van der Waals surface area contributed by atoms with Gasteiger partial charge in [-0.3, -0.25) is 4.98 Å². The third-order valence-corrected chi connectivity index (χ3v) is 3.36. The number of rotatable bonds is 4. The molecule has 0 aliphatic carbocycles. The molecule has 0 fully saturated rings. The molecule has 2 heteroatoms. The van der Waals surface area contributed by atoms with Crippen LogP contribution >= 0.6 is 0 Å². The first kappa shape index (κ1) is 13.0. The first-order chi connectivity index (χ1) is 8.61. The third-order valence-electron chi connectivity index (χ3n) is 3.36. The molecule has 1 heterocycles. The molecule has 2 nitrogen and oxygen atoms in total. The number of benzene rings is 1. The van der Waals surface area contributed by atoms with E-state index < -0.39 is 0 Å². The largest absolute Gasteiger partial charge is 0.312 e. The summed E-state index contributed by atoms with van der Waals surface area (Å²) >= 11 is 0. The fourth-order valence-electron chi connectivity index (χ4n) is 2.41. The SMILES string of the molecule is CNC(CC(C)C)c1cc(C)c2ccccc2n1. The Hall–Kier alpha value is -1.41. The van der Waals surface area contributed by atoms with Gasteiger partial charge >= 0.3 is 0 Å². The zero-order chi connectivity index (χ0) is 13.1. The van der Waals surface area contributed by atoms with Gasteiger partial charge in [-0.1, -0.05) is 32.0 Å². The first-order valence-electron chi connectivity index (χ1n) is 6.65. The standard InChI is InChI=1S/C16H22N2/c1-11(2)9-15(17-4)16-10-12(3)13-7-5-6-8-14(13)18-16/h5-8,10-11,15,17H,9H2,1-4H3. The van der Waals surface area contributed by atoms with E-state index in [1.807, 2.05) is 7.05 Å². The molecule has 96 valence electrons. The number of hydrogen-bond acceptors (Lipinski definition) is 2. The Morgan fingerprint density at radius 2 is 1.94 bits per heavy atom. The summed E-state index contributed by atoms with van der Waals surface area (Å²) in [4.78, 5) is 4.80. The van der Waals surface area contributed by atoms with Crippen molar-refractivity contribution >= 4 is 10.9 Å². The Balaban J connectivity index is 2.44. The van der Waals surface area contributed by atoms with Crippen molar-refractivity contribution in [3.63, 3.8) is 0 Å². The van der Waals surface area contributed by atoms with Gasteiger partial charge in [0.2, 0.25) is 0 Å². The van der Waals surface area contributed by atoms with Gasteiger partial charge in [0.15, 0.2) is 0 Å². The molecule has 1 aromatic carbocycles. The summed E-state index contributed by atoms with van der Waals surface area (Å²) in [7, 11) is 2.01. The highest BCUT2D eigenvalue weighted by Crippen LogP contribution is 2.24. The molecule has 0 spiro atoms. The van der Waals surface area contributed by atoms with Crippen LogP contribution in [0, 0.1) is 12.8 Å². The molecular formula is C16H22N2. The molecule has 0 aliphatic heterocycles. The van der Waals surface area contributed by atoms with Crippen LogP contribution in [0.1, 0.15) is 37.6 Å². The Labute approximate surface area is 109 Å². The van der Waals surface area contributed by atoms with Crippen molar-refractivity contribution < 1.29 is 0 Å². The maximum absolute atomic E-state index is 4.80. The van der Waals surface area contributed by atoms with Gasteiger partial charge in [0.1, 0.15) is 0 Å². The smallest absolute Gasteiger partial charge is 0.0708 e. The maximum atomic E-state index is 4.80. The van der Waals surface area contributed by atoms with Gasteiger partial charge in [0, 0.05) is 11.4 Å². The summed E-state index contributed by atoms with van der Waals surface area (Å²) in [5.41, 5.74) is 3.55. The van der Waals surface area contributed by atoms with Gasteiger partial charge in [-0.15, -0.1) is 0 Å². The topological polar surface area (TPSA) is 24.9 Å². The van der Waals surface area contributed by atoms with Crippen LogP contribution in [0.4, 0.5) is 0 Å². The average Bonchev–Trinajstić information content (AvgIpc) is 2.35. The molecule has 2 rings (SSSR count). The van der Waals surface area contributed by atoms with Gasteiger partial charge in [-0.05, 0) is 44.0 Å². The molecule has 1 unspecified atom stereocenters. The minimum atomic E-state index is 0.341. The zero-order valence-electron chi connectivity index (χ0n) is 11.7. The first-order valence-corrected chi connectivity index (χ1v) is 6.65. The number of para-hydroxylation sites is 1. The van der Waals surface area contributed by atoms with Crippen LogP contribution in [0.2, 0.25) is 0 Å². The van der Waals surface area contributed by atoms with Crippen LogP contribution in [0.3, 0.4) is 0 Å². The molecule has 0 bridgehead atoms. The third kappa shape index (κ3) is 2.70. The fourth-order valence-corrected chi connectivity index (χ4v) is 2.41. The molecule has 0 radical (unpaired) electrons. The van der Waals surface area contributed by atoms with Crippen LogP contribution in [0.5, 0.6) is 0 Å². The predicted molar refractivity (Wildman–Crippen MR) is 77.7 cm³/mol. The fraction of sp³-hybridized carbons (Fsp3) is 0.438. The second kappa shape index (κ2) is 5.49. The number of pyridine rings is 1. The van der Waals surface area contributed by atoms with Crippen molar-refractivity contribution in [2.24, 2.45) is 5.92 Å². The van der Waals surface area contributed by atoms with E-state index in [1.165, 1.54) is 10.9 Å². The van der Waals surface area contributed by atoms with E-state index in [0.717, 1.165) is 17.6 Å². The van der Waals surface area contributed by atoms with Crippen molar-refractivity contribution in [3.05, 3.63) is 41.6 Å². The molecule has 1 aromatic heterocycles. The number of nitrogens with one attached hydrogen (secondary N) is 1. The number of hydrogen-bond donors (Lipinski definition) is 1. The van der Waals surface area contributed by atoms with Crippen LogP contribution < -0.4 is 5.32 Å². The normalized spacial score (nSPS) is 13.2. The zero-order valence-corrected chi connectivity index (χ0v) is 11.7. The maximum Gasteiger partial charge on any atom is 0.0708 e. The summed E-state index contributed by atoms with van der Waals surface area (Å²) in [6.45, 7) is 6.66.